The third kappa shape index (κ3) is 5.57. The fraction of sp³-hybridized carbons (Fsp3) is 0.455. The first kappa shape index (κ1) is 27.4. The molecule has 0 spiro atoms. The van der Waals surface area contributed by atoms with Crippen LogP contribution in [0.4, 0.5) is 0 Å². The number of benzene rings is 2. The van der Waals surface area contributed by atoms with Crippen LogP contribution in [-0.2, 0) is 22.3 Å². The lowest BCUT2D eigenvalue weighted by Gasteiger charge is -2.31. The van der Waals surface area contributed by atoms with Crippen molar-refractivity contribution in [1.82, 2.24) is 19.2 Å². The number of nitriles is 1. The summed E-state index contributed by atoms with van der Waals surface area (Å²) < 4.78 is 15.5. The molecule has 0 bridgehead atoms. The van der Waals surface area contributed by atoms with E-state index in [0.717, 1.165) is 73.1 Å². The minimum atomic E-state index is -0.111. The predicted octanol–water partition coefficient (Wildman–Crippen LogP) is 5.57. The van der Waals surface area contributed by atoms with Crippen molar-refractivity contribution in [1.29, 1.82) is 5.26 Å². The van der Waals surface area contributed by atoms with Gasteiger partial charge in [-0.3, -0.25) is 9.36 Å². The van der Waals surface area contributed by atoms with Gasteiger partial charge in [0.2, 0.25) is 5.78 Å². The summed E-state index contributed by atoms with van der Waals surface area (Å²) in [6.45, 7) is 7.50. The van der Waals surface area contributed by atoms with Gasteiger partial charge in [0.1, 0.15) is 11.4 Å². The Hall–Kier alpha value is -3.80. The Kier molecular flexibility index (Phi) is 7.50. The van der Waals surface area contributed by atoms with Crippen LogP contribution >= 0.6 is 0 Å². The summed E-state index contributed by atoms with van der Waals surface area (Å²) in [4.78, 5) is 19.0. The van der Waals surface area contributed by atoms with Crippen molar-refractivity contribution in [3.05, 3.63) is 87.1 Å². The molecule has 1 aliphatic carbocycles. The quantitative estimate of drug-likeness (QED) is 0.252. The summed E-state index contributed by atoms with van der Waals surface area (Å²) in [6, 6.07) is 18.2. The van der Waals surface area contributed by atoms with Gasteiger partial charge in [0.25, 0.3) is 5.56 Å². The summed E-state index contributed by atoms with van der Waals surface area (Å²) in [5.74, 6) is 1.31. The van der Waals surface area contributed by atoms with E-state index in [4.69, 9.17) is 19.6 Å². The molecule has 2 fully saturated rings. The number of ether oxygens (including phenoxy) is 2. The van der Waals surface area contributed by atoms with Gasteiger partial charge < -0.3 is 9.47 Å². The van der Waals surface area contributed by atoms with Gasteiger partial charge in [0, 0.05) is 18.0 Å². The van der Waals surface area contributed by atoms with E-state index < -0.39 is 0 Å². The molecule has 0 amide bonds. The SMILES string of the molecule is CCCc1c(Cc2ccc(-c3ccccc3C#N)cc2)c(=O)n(C2CCC(OCC3(C)CO3)CC2)c2nc(C)nn12. The minimum absolute atomic E-state index is 0.0375. The molecule has 41 heavy (non-hydrogen) atoms. The number of nitrogens with zero attached hydrogens (tertiary/aromatic N) is 5. The van der Waals surface area contributed by atoms with Crippen LogP contribution in [0, 0.1) is 18.3 Å². The molecule has 4 aromatic rings. The number of hydrogen-bond acceptors (Lipinski definition) is 6. The zero-order valence-electron chi connectivity index (χ0n) is 24.1. The summed E-state index contributed by atoms with van der Waals surface area (Å²) in [6.07, 6.45) is 5.90. The molecule has 1 atom stereocenters. The molecule has 1 saturated heterocycles. The highest BCUT2D eigenvalue weighted by Gasteiger charge is 2.40. The number of aryl methyl sites for hydroxylation is 2. The fourth-order valence-corrected chi connectivity index (χ4v) is 6.04. The summed E-state index contributed by atoms with van der Waals surface area (Å²) in [7, 11) is 0. The van der Waals surface area contributed by atoms with Crippen LogP contribution in [0.3, 0.4) is 0 Å². The van der Waals surface area contributed by atoms with Crippen LogP contribution in [0.15, 0.2) is 53.3 Å². The number of fused-ring (bicyclic) bond motifs is 1. The Morgan fingerprint density at radius 2 is 1.85 bits per heavy atom. The van der Waals surface area contributed by atoms with E-state index >= 15 is 0 Å². The molecule has 3 heterocycles. The zero-order valence-corrected chi connectivity index (χ0v) is 24.1. The molecule has 1 unspecified atom stereocenters. The van der Waals surface area contributed by atoms with E-state index in [2.05, 4.69) is 32.0 Å². The first-order chi connectivity index (χ1) is 19.9. The van der Waals surface area contributed by atoms with E-state index in [-0.39, 0.29) is 23.3 Å². The Morgan fingerprint density at radius 1 is 1.12 bits per heavy atom. The highest BCUT2D eigenvalue weighted by Crippen LogP contribution is 2.33. The lowest BCUT2D eigenvalue weighted by molar-refractivity contribution is -0.00484. The van der Waals surface area contributed by atoms with Gasteiger partial charge in [-0.25, -0.2) is 4.52 Å². The van der Waals surface area contributed by atoms with E-state index in [9.17, 15) is 10.1 Å². The topological polar surface area (TPSA) is 97.7 Å². The Bertz CT molecular complexity index is 1650. The van der Waals surface area contributed by atoms with Crippen LogP contribution in [0.2, 0.25) is 0 Å². The largest absolute Gasteiger partial charge is 0.375 e. The maximum Gasteiger partial charge on any atom is 0.259 e. The molecule has 1 saturated carbocycles. The van der Waals surface area contributed by atoms with Crippen LogP contribution in [0.5, 0.6) is 0 Å². The van der Waals surface area contributed by atoms with Crippen molar-refractivity contribution in [3.63, 3.8) is 0 Å². The highest BCUT2D eigenvalue weighted by molar-refractivity contribution is 5.70. The summed E-state index contributed by atoms with van der Waals surface area (Å²) in [5.41, 5.74) is 5.25. The van der Waals surface area contributed by atoms with Gasteiger partial charge in [0.15, 0.2) is 0 Å². The zero-order chi connectivity index (χ0) is 28.6. The molecule has 0 radical (unpaired) electrons. The second-order valence-corrected chi connectivity index (χ2v) is 11.7. The number of epoxide rings is 1. The maximum absolute atomic E-state index is 14.3. The van der Waals surface area contributed by atoms with Crippen molar-refractivity contribution in [3.8, 4) is 17.2 Å². The molecule has 0 N–H and O–H groups in total. The fourth-order valence-electron chi connectivity index (χ4n) is 6.04. The molecule has 1 aliphatic heterocycles. The predicted molar refractivity (Wildman–Crippen MR) is 157 cm³/mol. The van der Waals surface area contributed by atoms with Crippen molar-refractivity contribution in [2.75, 3.05) is 13.2 Å². The average molecular weight is 552 g/mol. The molecule has 8 nitrogen and oxygen atoms in total. The van der Waals surface area contributed by atoms with Crippen molar-refractivity contribution >= 4 is 5.78 Å². The van der Waals surface area contributed by atoms with Crippen molar-refractivity contribution in [2.24, 2.45) is 0 Å². The lowest BCUT2D eigenvalue weighted by Crippen LogP contribution is -2.35. The second-order valence-electron chi connectivity index (χ2n) is 11.7. The molecule has 2 aromatic heterocycles. The Balaban J connectivity index is 1.32. The van der Waals surface area contributed by atoms with Gasteiger partial charge in [-0.15, -0.1) is 0 Å². The van der Waals surface area contributed by atoms with E-state index in [1.807, 2.05) is 52.4 Å². The molecular weight excluding hydrogens is 514 g/mol. The van der Waals surface area contributed by atoms with Crippen molar-refractivity contribution in [2.45, 2.75) is 83.5 Å². The minimum Gasteiger partial charge on any atom is -0.375 e. The highest BCUT2D eigenvalue weighted by atomic mass is 16.6. The van der Waals surface area contributed by atoms with E-state index in [0.29, 0.717) is 30.2 Å². The van der Waals surface area contributed by atoms with Gasteiger partial charge in [0.05, 0.1) is 36.6 Å². The molecule has 212 valence electrons. The molecule has 2 aliphatic rings. The van der Waals surface area contributed by atoms with Crippen LogP contribution in [-0.4, -0.2) is 44.1 Å². The molecule has 2 aromatic carbocycles. The first-order valence-corrected chi connectivity index (χ1v) is 14.7. The maximum atomic E-state index is 14.3. The van der Waals surface area contributed by atoms with Crippen molar-refractivity contribution < 1.29 is 9.47 Å². The standard InChI is InChI=1S/C33H37N5O3/c1-4-7-30-29(18-23-10-12-24(13-11-23)28-9-6-5-8-25(28)19-34)31(39)37(32-35-22(2)36-38(30)32)26-14-16-27(17-15-26)40-20-33(3)21-41-33/h5-6,8-13,26-27H,4,7,14-18,20-21H2,1-3H3. The van der Waals surface area contributed by atoms with Gasteiger partial charge in [-0.2, -0.15) is 15.3 Å². The number of rotatable bonds is 9. The van der Waals surface area contributed by atoms with Gasteiger partial charge in [-0.05, 0) is 68.7 Å². The van der Waals surface area contributed by atoms with Crippen LogP contribution in [0.1, 0.15) is 80.2 Å². The first-order valence-electron chi connectivity index (χ1n) is 14.7. The van der Waals surface area contributed by atoms with E-state index in [1.165, 1.54) is 0 Å². The van der Waals surface area contributed by atoms with E-state index in [1.54, 1.807) is 0 Å². The average Bonchev–Trinajstić information content (AvgIpc) is 3.61. The van der Waals surface area contributed by atoms with Crippen LogP contribution in [0.25, 0.3) is 16.9 Å². The number of aromatic nitrogens is 4. The normalized spacial score (nSPS) is 22.1. The Labute approximate surface area is 240 Å². The lowest BCUT2D eigenvalue weighted by atomic mass is 9.92. The molecular formula is C33H37N5O3. The van der Waals surface area contributed by atoms with Gasteiger partial charge in [-0.1, -0.05) is 55.8 Å². The third-order valence-corrected chi connectivity index (χ3v) is 8.44. The third-order valence-electron chi connectivity index (χ3n) is 8.44. The van der Waals surface area contributed by atoms with Crippen LogP contribution < -0.4 is 5.56 Å². The Morgan fingerprint density at radius 3 is 2.54 bits per heavy atom. The summed E-state index contributed by atoms with van der Waals surface area (Å²) in [5, 5.41) is 14.3. The summed E-state index contributed by atoms with van der Waals surface area (Å²) >= 11 is 0. The second kappa shape index (κ2) is 11.2. The smallest absolute Gasteiger partial charge is 0.259 e. The number of hydrogen-bond donors (Lipinski definition) is 0. The monoisotopic (exact) mass is 551 g/mol. The van der Waals surface area contributed by atoms with Gasteiger partial charge >= 0.3 is 0 Å². The molecule has 6 rings (SSSR count). The molecule has 8 heteroatoms.